The van der Waals surface area contributed by atoms with Gasteiger partial charge in [0.15, 0.2) is 0 Å². The van der Waals surface area contributed by atoms with Crippen molar-refractivity contribution in [3.63, 3.8) is 0 Å². The van der Waals surface area contributed by atoms with Gasteiger partial charge < -0.3 is 14.7 Å². The highest BCUT2D eigenvalue weighted by atomic mass is 32.2. The van der Waals surface area contributed by atoms with E-state index in [0.717, 1.165) is 12.0 Å². The Bertz CT molecular complexity index is 920. The zero-order chi connectivity index (χ0) is 19.4. The van der Waals surface area contributed by atoms with Crippen LogP contribution in [0.15, 0.2) is 47.4 Å². The van der Waals surface area contributed by atoms with Crippen LogP contribution in [0.1, 0.15) is 22.8 Å². The van der Waals surface area contributed by atoms with Gasteiger partial charge in [-0.15, -0.1) is 0 Å². The number of sulfonamides is 1. The zero-order valence-electron chi connectivity index (χ0n) is 15.0. The topological polar surface area (TPSA) is 95.9 Å². The molecule has 8 heteroatoms. The maximum Gasteiger partial charge on any atom is 0.335 e. The first-order valence-electron chi connectivity index (χ1n) is 8.72. The van der Waals surface area contributed by atoms with Crippen molar-refractivity contribution in [2.45, 2.75) is 18.2 Å². The second kappa shape index (κ2) is 7.98. The van der Waals surface area contributed by atoms with Crippen molar-refractivity contribution in [2.75, 3.05) is 35.9 Å². The number of carbonyl (C=O) groups is 1. The lowest BCUT2D eigenvalue weighted by atomic mass is 10.1. The Morgan fingerprint density at radius 1 is 1.15 bits per heavy atom. The summed E-state index contributed by atoms with van der Waals surface area (Å²) in [5.74, 6) is -1.11. The maximum atomic E-state index is 12.8. The van der Waals surface area contributed by atoms with Gasteiger partial charge in [0.25, 0.3) is 10.0 Å². The third-order valence-corrected chi connectivity index (χ3v) is 5.86. The molecule has 0 spiro atoms. The number of morpholine rings is 1. The SMILES string of the molecule is CCc1ccc(S(=O)(=O)Nc2cc(C(=O)O)ccc2N2CCOCC2)cc1. The van der Waals surface area contributed by atoms with E-state index < -0.39 is 16.0 Å². The number of nitrogens with zero attached hydrogens (tertiary/aromatic N) is 1. The number of benzene rings is 2. The van der Waals surface area contributed by atoms with Gasteiger partial charge in [-0.2, -0.15) is 0 Å². The molecule has 2 aromatic rings. The molecule has 0 aromatic heterocycles. The van der Waals surface area contributed by atoms with Crippen molar-refractivity contribution in [2.24, 2.45) is 0 Å². The van der Waals surface area contributed by atoms with E-state index in [1.807, 2.05) is 11.8 Å². The van der Waals surface area contributed by atoms with Crippen LogP contribution in [0.5, 0.6) is 0 Å². The van der Waals surface area contributed by atoms with E-state index in [-0.39, 0.29) is 16.1 Å². The van der Waals surface area contributed by atoms with Crippen LogP contribution in [0.3, 0.4) is 0 Å². The van der Waals surface area contributed by atoms with Crippen LogP contribution in [0.4, 0.5) is 11.4 Å². The van der Waals surface area contributed by atoms with Gasteiger partial charge in [0.2, 0.25) is 0 Å². The van der Waals surface area contributed by atoms with Crippen molar-refractivity contribution in [1.82, 2.24) is 0 Å². The first-order chi connectivity index (χ1) is 12.9. The third kappa shape index (κ3) is 4.40. The molecular weight excluding hydrogens is 368 g/mol. The molecule has 1 heterocycles. The van der Waals surface area contributed by atoms with Crippen molar-refractivity contribution in [3.05, 3.63) is 53.6 Å². The lowest BCUT2D eigenvalue weighted by Gasteiger charge is -2.30. The molecule has 144 valence electrons. The number of carboxylic acid groups (broad SMARTS) is 1. The Labute approximate surface area is 158 Å². The Kier molecular flexibility index (Phi) is 5.67. The van der Waals surface area contributed by atoms with Crippen molar-refractivity contribution in [1.29, 1.82) is 0 Å². The van der Waals surface area contributed by atoms with Gasteiger partial charge in [0.1, 0.15) is 0 Å². The minimum atomic E-state index is -3.84. The second-order valence-electron chi connectivity index (χ2n) is 6.24. The first-order valence-corrected chi connectivity index (χ1v) is 10.2. The maximum absolute atomic E-state index is 12.8. The van der Waals surface area contributed by atoms with E-state index in [4.69, 9.17) is 4.74 Å². The third-order valence-electron chi connectivity index (χ3n) is 4.48. The molecule has 1 aliphatic heterocycles. The highest BCUT2D eigenvalue weighted by Gasteiger charge is 2.21. The molecule has 7 nitrogen and oxygen atoms in total. The Morgan fingerprint density at radius 2 is 1.81 bits per heavy atom. The predicted molar refractivity (Wildman–Crippen MR) is 103 cm³/mol. The van der Waals surface area contributed by atoms with E-state index in [2.05, 4.69) is 4.72 Å². The van der Waals surface area contributed by atoms with Gasteiger partial charge in [0.05, 0.1) is 35.0 Å². The number of ether oxygens (including phenoxy) is 1. The highest BCUT2D eigenvalue weighted by molar-refractivity contribution is 7.92. The van der Waals surface area contributed by atoms with Crippen LogP contribution in [-0.4, -0.2) is 45.8 Å². The minimum Gasteiger partial charge on any atom is -0.478 e. The molecule has 2 N–H and O–H groups in total. The number of aromatic carboxylic acids is 1. The van der Waals surface area contributed by atoms with E-state index in [1.165, 1.54) is 12.1 Å². The summed E-state index contributed by atoms with van der Waals surface area (Å²) in [5, 5.41) is 9.27. The smallest absolute Gasteiger partial charge is 0.335 e. The van der Waals surface area contributed by atoms with Crippen molar-refractivity contribution in [3.8, 4) is 0 Å². The number of carboxylic acids is 1. The van der Waals surface area contributed by atoms with E-state index in [9.17, 15) is 18.3 Å². The van der Waals surface area contributed by atoms with Crippen LogP contribution in [-0.2, 0) is 21.2 Å². The number of rotatable bonds is 6. The summed E-state index contributed by atoms with van der Waals surface area (Å²) in [6.45, 7) is 4.27. The van der Waals surface area contributed by atoms with Gasteiger partial charge in [-0.05, 0) is 42.3 Å². The van der Waals surface area contributed by atoms with Crippen LogP contribution in [0, 0.1) is 0 Å². The summed E-state index contributed by atoms with van der Waals surface area (Å²) in [7, 11) is -3.84. The van der Waals surface area contributed by atoms with E-state index >= 15 is 0 Å². The summed E-state index contributed by atoms with van der Waals surface area (Å²) in [6.07, 6.45) is 0.815. The Balaban J connectivity index is 1.97. The molecule has 0 bridgehead atoms. The lowest BCUT2D eigenvalue weighted by Crippen LogP contribution is -2.36. The standard InChI is InChI=1S/C19H22N2O5S/c1-2-14-3-6-16(7-4-14)27(24,25)20-17-13-15(19(22)23)5-8-18(17)21-9-11-26-12-10-21/h3-8,13,20H,2,9-12H2,1H3,(H,22,23). The molecule has 1 saturated heterocycles. The average Bonchev–Trinajstić information content (AvgIpc) is 2.68. The van der Waals surface area contributed by atoms with Gasteiger partial charge >= 0.3 is 5.97 Å². The largest absolute Gasteiger partial charge is 0.478 e. The van der Waals surface area contributed by atoms with Crippen LogP contribution >= 0.6 is 0 Å². The normalized spacial score (nSPS) is 14.8. The number of aryl methyl sites for hydroxylation is 1. The Hall–Kier alpha value is -2.58. The highest BCUT2D eigenvalue weighted by Crippen LogP contribution is 2.30. The molecule has 27 heavy (non-hydrogen) atoms. The van der Waals surface area contributed by atoms with Crippen molar-refractivity contribution >= 4 is 27.4 Å². The molecule has 0 aliphatic carbocycles. The number of nitrogens with one attached hydrogen (secondary N) is 1. The van der Waals surface area contributed by atoms with Gasteiger partial charge in [0, 0.05) is 13.1 Å². The number of anilines is 2. The lowest BCUT2D eigenvalue weighted by molar-refractivity contribution is 0.0697. The van der Waals surface area contributed by atoms with Gasteiger partial charge in [-0.25, -0.2) is 13.2 Å². The fraction of sp³-hybridized carbons (Fsp3) is 0.316. The van der Waals surface area contributed by atoms with Crippen LogP contribution in [0.2, 0.25) is 0 Å². The van der Waals surface area contributed by atoms with E-state index in [1.54, 1.807) is 30.3 Å². The Morgan fingerprint density at radius 3 is 2.41 bits per heavy atom. The molecule has 0 amide bonds. The molecule has 3 rings (SSSR count). The molecule has 0 radical (unpaired) electrons. The minimum absolute atomic E-state index is 0.0195. The average molecular weight is 390 g/mol. The summed E-state index contributed by atoms with van der Waals surface area (Å²) in [5.41, 5.74) is 1.94. The monoisotopic (exact) mass is 390 g/mol. The van der Waals surface area contributed by atoms with Gasteiger partial charge in [-0.3, -0.25) is 4.72 Å². The fourth-order valence-corrected chi connectivity index (χ4v) is 4.00. The molecule has 0 unspecified atom stereocenters. The molecule has 2 aromatic carbocycles. The number of hydrogen-bond acceptors (Lipinski definition) is 5. The second-order valence-corrected chi connectivity index (χ2v) is 7.92. The van der Waals surface area contributed by atoms with Gasteiger partial charge in [-0.1, -0.05) is 19.1 Å². The van der Waals surface area contributed by atoms with Crippen molar-refractivity contribution < 1.29 is 23.1 Å². The molecule has 1 fully saturated rings. The molecule has 0 atom stereocenters. The quantitative estimate of drug-likeness (QED) is 0.787. The predicted octanol–water partition coefficient (Wildman–Crippen LogP) is 2.58. The molecular formula is C19H22N2O5S. The molecule has 0 saturated carbocycles. The fourth-order valence-electron chi connectivity index (χ4n) is 2.94. The van der Waals surface area contributed by atoms with Crippen LogP contribution < -0.4 is 9.62 Å². The summed E-state index contributed by atoms with van der Waals surface area (Å²) in [6, 6.07) is 11.1. The summed E-state index contributed by atoms with van der Waals surface area (Å²) < 4.78 is 33.5. The van der Waals surface area contributed by atoms with Crippen LogP contribution in [0.25, 0.3) is 0 Å². The number of hydrogen-bond donors (Lipinski definition) is 2. The summed E-state index contributed by atoms with van der Waals surface area (Å²) in [4.78, 5) is 13.4. The zero-order valence-corrected chi connectivity index (χ0v) is 15.8. The summed E-state index contributed by atoms with van der Waals surface area (Å²) >= 11 is 0. The van der Waals surface area contributed by atoms with E-state index in [0.29, 0.717) is 32.0 Å². The molecule has 1 aliphatic rings. The first kappa shape index (κ1) is 19.2.